The molecular weight excluding hydrogens is 295 g/mol. The van der Waals surface area contributed by atoms with Crippen molar-refractivity contribution in [3.63, 3.8) is 0 Å². The van der Waals surface area contributed by atoms with E-state index in [2.05, 4.69) is 15.0 Å². The Balaban J connectivity index is 1.50. The third-order valence-corrected chi connectivity index (χ3v) is 4.31. The Labute approximate surface area is 136 Å². The van der Waals surface area contributed by atoms with Crippen molar-refractivity contribution in [2.75, 3.05) is 19.7 Å². The van der Waals surface area contributed by atoms with Crippen molar-refractivity contribution in [3.8, 4) is 5.75 Å². The maximum absolute atomic E-state index is 12.9. The van der Waals surface area contributed by atoms with Crippen molar-refractivity contribution < 1.29 is 9.13 Å². The predicted molar refractivity (Wildman–Crippen MR) is 86.0 cm³/mol. The fourth-order valence-corrected chi connectivity index (χ4v) is 3.14. The molecule has 0 saturated carbocycles. The molecule has 2 heterocycles. The first kappa shape index (κ1) is 15.9. The summed E-state index contributed by atoms with van der Waals surface area (Å²) in [6, 6.07) is 6.65. The highest BCUT2D eigenvalue weighted by molar-refractivity contribution is 5.21. The Morgan fingerprint density at radius 1 is 1.26 bits per heavy atom. The largest absolute Gasteiger partial charge is 0.492 e. The first-order valence-corrected chi connectivity index (χ1v) is 8.12. The van der Waals surface area contributed by atoms with Crippen LogP contribution in [0.5, 0.6) is 5.75 Å². The standard InChI is InChI=1S/C17H23FN4O/c1-13-19-14(2)22(20-13)12-16-4-3-9-21(16)10-11-23-17-7-5-15(18)6-8-17/h5-8,16H,3-4,9-12H2,1-2H3. The minimum Gasteiger partial charge on any atom is -0.492 e. The number of hydrogen-bond acceptors (Lipinski definition) is 4. The summed E-state index contributed by atoms with van der Waals surface area (Å²) in [5.41, 5.74) is 0. The third kappa shape index (κ3) is 4.07. The second kappa shape index (κ2) is 7.08. The highest BCUT2D eigenvalue weighted by atomic mass is 19.1. The number of ether oxygens (including phenoxy) is 1. The molecule has 1 unspecified atom stereocenters. The smallest absolute Gasteiger partial charge is 0.147 e. The molecule has 1 aromatic carbocycles. The van der Waals surface area contributed by atoms with Gasteiger partial charge in [-0.05, 0) is 57.5 Å². The summed E-state index contributed by atoms with van der Waals surface area (Å²) >= 11 is 0. The van der Waals surface area contributed by atoms with Crippen molar-refractivity contribution in [1.82, 2.24) is 19.7 Å². The van der Waals surface area contributed by atoms with E-state index < -0.39 is 0 Å². The van der Waals surface area contributed by atoms with Crippen LogP contribution in [-0.4, -0.2) is 45.4 Å². The molecule has 0 radical (unpaired) electrons. The van der Waals surface area contributed by atoms with Crippen LogP contribution in [0.2, 0.25) is 0 Å². The van der Waals surface area contributed by atoms with Crippen LogP contribution in [0.25, 0.3) is 0 Å². The van der Waals surface area contributed by atoms with Crippen LogP contribution < -0.4 is 4.74 Å². The SMILES string of the molecule is Cc1nc(C)n(CC2CCCN2CCOc2ccc(F)cc2)n1. The summed E-state index contributed by atoms with van der Waals surface area (Å²) in [6.07, 6.45) is 2.38. The van der Waals surface area contributed by atoms with Gasteiger partial charge < -0.3 is 4.74 Å². The highest BCUT2D eigenvalue weighted by Gasteiger charge is 2.25. The van der Waals surface area contributed by atoms with Crippen LogP contribution in [0.3, 0.4) is 0 Å². The Hall–Kier alpha value is -1.95. The molecule has 0 bridgehead atoms. The van der Waals surface area contributed by atoms with Gasteiger partial charge in [-0.2, -0.15) is 5.10 Å². The van der Waals surface area contributed by atoms with E-state index >= 15 is 0 Å². The summed E-state index contributed by atoms with van der Waals surface area (Å²) in [5.74, 6) is 2.27. The highest BCUT2D eigenvalue weighted by Crippen LogP contribution is 2.19. The van der Waals surface area contributed by atoms with Crippen LogP contribution in [-0.2, 0) is 6.54 Å². The van der Waals surface area contributed by atoms with Crippen LogP contribution in [0.4, 0.5) is 4.39 Å². The average Bonchev–Trinajstić information content (AvgIpc) is 3.08. The van der Waals surface area contributed by atoms with E-state index in [4.69, 9.17) is 4.74 Å². The first-order chi connectivity index (χ1) is 11.1. The zero-order valence-electron chi connectivity index (χ0n) is 13.7. The van der Waals surface area contributed by atoms with Gasteiger partial charge in [0.25, 0.3) is 0 Å². The van der Waals surface area contributed by atoms with E-state index in [0.29, 0.717) is 18.4 Å². The van der Waals surface area contributed by atoms with Gasteiger partial charge in [0.2, 0.25) is 0 Å². The molecule has 1 aromatic heterocycles. The maximum atomic E-state index is 12.9. The molecule has 0 spiro atoms. The van der Waals surface area contributed by atoms with E-state index in [9.17, 15) is 4.39 Å². The summed E-state index contributed by atoms with van der Waals surface area (Å²) in [5, 5.41) is 4.46. The van der Waals surface area contributed by atoms with Gasteiger partial charge in [0.15, 0.2) is 0 Å². The molecule has 1 aliphatic heterocycles. The minimum atomic E-state index is -0.240. The molecule has 1 aliphatic rings. The van der Waals surface area contributed by atoms with Gasteiger partial charge in [0.05, 0.1) is 6.54 Å². The van der Waals surface area contributed by atoms with E-state index in [-0.39, 0.29) is 5.82 Å². The molecule has 1 saturated heterocycles. The lowest BCUT2D eigenvalue weighted by Gasteiger charge is -2.24. The molecule has 0 N–H and O–H groups in total. The molecular formula is C17H23FN4O. The Morgan fingerprint density at radius 3 is 2.74 bits per heavy atom. The quantitative estimate of drug-likeness (QED) is 0.821. The summed E-state index contributed by atoms with van der Waals surface area (Å²) in [7, 11) is 0. The number of rotatable bonds is 6. The molecule has 6 heteroatoms. The molecule has 1 fully saturated rings. The Bertz CT molecular complexity index is 641. The Morgan fingerprint density at radius 2 is 2.04 bits per heavy atom. The number of nitrogens with zero attached hydrogens (tertiary/aromatic N) is 4. The number of benzene rings is 1. The maximum Gasteiger partial charge on any atom is 0.147 e. The fraction of sp³-hybridized carbons (Fsp3) is 0.529. The van der Waals surface area contributed by atoms with Crippen LogP contribution in [0.1, 0.15) is 24.5 Å². The molecule has 124 valence electrons. The average molecular weight is 318 g/mol. The van der Waals surface area contributed by atoms with E-state index in [1.807, 2.05) is 18.5 Å². The van der Waals surface area contributed by atoms with E-state index in [1.54, 1.807) is 12.1 Å². The first-order valence-electron chi connectivity index (χ1n) is 8.12. The monoisotopic (exact) mass is 318 g/mol. The predicted octanol–water partition coefficient (Wildman–Crippen LogP) is 2.58. The molecule has 0 aliphatic carbocycles. The molecule has 0 amide bonds. The van der Waals surface area contributed by atoms with Gasteiger partial charge in [-0.25, -0.2) is 14.1 Å². The lowest BCUT2D eigenvalue weighted by molar-refractivity contribution is 0.181. The van der Waals surface area contributed by atoms with Crippen molar-refractivity contribution >= 4 is 0 Å². The van der Waals surface area contributed by atoms with Gasteiger partial charge in [-0.3, -0.25) is 4.90 Å². The third-order valence-electron chi connectivity index (χ3n) is 4.31. The molecule has 5 nitrogen and oxygen atoms in total. The molecule has 23 heavy (non-hydrogen) atoms. The minimum absolute atomic E-state index is 0.240. The number of likely N-dealkylation sites (tertiary alicyclic amines) is 1. The van der Waals surface area contributed by atoms with Crippen molar-refractivity contribution in [1.29, 1.82) is 0 Å². The lowest BCUT2D eigenvalue weighted by atomic mass is 10.2. The van der Waals surface area contributed by atoms with Crippen LogP contribution in [0.15, 0.2) is 24.3 Å². The zero-order chi connectivity index (χ0) is 16.2. The van der Waals surface area contributed by atoms with E-state index in [1.165, 1.54) is 25.0 Å². The van der Waals surface area contributed by atoms with Crippen molar-refractivity contribution in [3.05, 3.63) is 41.7 Å². The van der Waals surface area contributed by atoms with Crippen LogP contribution in [0, 0.1) is 19.7 Å². The molecule has 3 rings (SSSR count). The van der Waals surface area contributed by atoms with Gasteiger partial charge in [-0.15, -0.1) is 0 Å². The number of aromatic nitrogens is 3. The van der Waals surface area contributed by atoms with Gasteiger partial charge in [0.1, 0.15) is 29.8 Å². The number of hydrogen-bond donors (Lipinski definition) is 0. The van der Waals surface area contributed by atoms with Crippen molar-refractivity contribution in [2.24, 2.45) is 0 Å². The number of aryl methyl sites for hydroxylation is 2. The normalized spacial score (nSPS) is 18.5. The second-order valence-electron chi connectivity index (χ2n) is 6.02. The molecule has 2 aromatic rings. The van der Waals surface area contributed by atoms with Gasteiger partial charge >= 0.3 is 0 Å². The second-order valence-corrected chi connectivity index (χ2v) is 6.02. The van der Waals surface area contributed by atoms with Gasteiger partial charge in [0, 0.05) is 12.6 Å². The topological polar surface area (TPSA) is 43.2 Å². The van der Waals surface area contributed by atoms with Crippen LogP contribution >= 0.6 is 0 Å². The summed E-state index contributed by atoms with van der Waals surface area (Å²) < 4.78 is 20.6. The zero-order valence-corrected chi connectivity index (χ0v) is 13.7. The van der Waals surface area contributed by atoms with E-state index in [0.717, 1.165) is 31.3 Å². The Kier molecular flexibility index (Phi) is 4.91. The number of halogens is 1. The molecule has 1 atom stereocenters. The summed E-state index contributed by atoms with van der Waals surface area (Å²) in [6.45, 7) is 7.36. The van der Waals surface area contributed by atoms with Crippen molar-refractivity contribution in [2.45, 2.75) is 39.3 Å². The summed E-state index contributed by atoms with van der Waals surface area (Å²) in [4.78, 5) is 6.81. The lowest BCUT2D eigenvalue weighted by Crippen LogP contribution is -2.36. The van der Waals surface area contributed by atoms with Gasteiger partial charge in [-0.1, -0.05) is 0 Å². The fourth-order valence-electron chi connectivity index (χ4n) is 3.14.